The zero-order valence-corrected chi connectivity index (χ0v) is 19.2. The fourth-order valence-corrected chi connectivity index (χ4v) is 4.78. The van der Waals surface area contributed by atoms with Gasteiger partial charge in [-0.25, -0.2) is 9.37 Å². The molecule has 7 nitrogen and oxygen atoms in total. The molecule has 2 aliphatic rings. The third kappa shape index (κ3) is 4.20. The van der Waals surface area contributed by atoms with Gasteiger partial charge in [-0.2, -0.15) is 0 Å². The summed E-state index contributed by atoms with van der Waals surface area (Å²) in [6.07, 6.45) is 3.38. The number of benzene rings is 1. The maximum Gasteiger partial charge on any atom is 0.270 e. The van der Waals surface area contributed by atoms with Crippen LogP contribution in [0.4, 0.5) is 10.1 Å². The molecule has 2 saturated heterocycles. The van der Waals surface area contributed by atoms with Gasteiger partial charge in [0.1, 0.15) is 17.2 Å². The summed E-state index contributed by atoms with van der Waals surface area (Å²) < 4.78 is 28.5. The van der Waals surface area contributed by atoms with Gasteiger partial charge in [0.25, 0.3) is 5.91 Å². The van der Waals surface area contributed by atoms with Gasteiger partial charge in [-0.05, 0) is 56.2 Å². The highest BCUT2D eigenvalue weighted by molar-refractivity contribution is 5.94. The van der Waals surface area contributed by atoms with E-state index in [1.54, 1.807) is 10.5 Å². The Hall–Kier alpha value is -2.97. The van der Waals surface area contributed by atoms with E-state index < -0.39 is 5.79 Å². The van der Waals surface area contributed by atoms with Gasteiger partial charge in [0, 0.05) is 38.7 Å². The van der Waals surface area contributed by atoms with Gasteiger partial charge in [0.05, 0.1) is 24.1 Å². The standard InChI is InChI=1S/C25H29FN4O3/c1-16-6-9-30-22(12-16)28-18(3)23(30)24(31)27-14-19-4-5-21(20(26)13-19)29-10-7-25(8-11-29)32-15-17(2)33-25/h4-6,9,12-13,17H,7-8,10-11,14-15H2,1-3H3,(H,27,31)/t17-/m0/s1. The first-order chi connectivity index (χ1) is 15.8. The molecular formula is C25H29FN4O3. The zero-order chi connectivity index (χ0) is 23.2. The number of pyridine rings is 1. The Morgan fingerprint density at radius 3 is 2.73 bits per heavy atom. The van der Waals surface area contributed by atoms with Crippen molar-refractivity contribution in [2.45, 2.75) is 52.0 Å². The van der Waals surface area contributed by atoms with Crippen LogP contribution in [-0.4, -0.2) is 46.9 Å². The van der Waals surface area contributed by atoms with Gasteiger partial charge in [0.15, 0.2) is 5.79 Å². The van der Waals surface area contributed by atoms with E-state index in [1.807, 2.05) is 50.1 Å². The van der Waals surface area contributed by atoms with Crippen LogP contribution in [0.3, 0.4) is 0 Å². The predicted octanol–water partition coefficient (Wildman–Crippen LogP) is 3.75. The van der Waals surface area contributed by atoms with E-state index in [4.69, 9.17) is 9.47 Å². The molecule has 174 valence electrons. The molecule has 0 bridgehead atoms. The van der Waals surface area contributed by atoms with Crippen molar-refractivity contribution in [3.05, 3.63) is 64.9 Å². The summed E-state index contributed by atoms with van der Waals surface area (Å²) in [7, 11) is 0. The molecule has 1 spiro atoms. The number of aryl methyl sites for hydroxylation is 2. The van der Waals surface area contributed by atoms with Crippen molar-refractivity contribution in [1.29, 1.82) is 0 Å². The van der Waals surface area contributed by atoms with Crippen LogP contribution in [0.25, 0.3) is 5.65 Å². The first-order valence-electron chi connectivity index (χ1n) is 11.4. The minimum Gasteiger partial charge on any atom is -0.369 e. The second-order valence-corrected chi connectivity index (χ2v) is 9.08. The molecule has 33 heavy (non-hydrogen) atoms. The lowest BCUT2D eigenvalue weighted by Gasteiger charge is -2.39. The molecule has 0 saturated carbocycles. The van der Waals surface area contributed by atoms with E-state index in [0.29, 0.717) is 55.2 Å². The number of anilines is 1. The molecule has 1 atom stereocenters. The lowest BCUT2D eigenvalue weighted by molar-refractivity contribution is -0.178. The van der Waals surface area contributed by atoms with Crippen molar-refractivity contribution in [2.24, 2.45) is 0 Å². The average Bonchev–Trinajstić information content (AvgIpc) is 3.31. The number of ether oxygens (including phenoxy) is 2. The van der Waals surface area contributed by atoms with Crippen molar-refractivity contribution >= 4 is 17.2 Å². The quantitative estimate of drug-likeness (QED) is 0.653. The minimum absolute atomic E-state index is 0.108. The van der Waals surface area contributed by atoms with Crippen molar-refractivity contribution in [3.8, 4) is 0 Å². The Morgan fingerprint density at radius 1 is 1.24 bits per heavy atom. The number of rotatable bonds is 4. The van der Waals surface area contributed by atoms with Gasteiger partial charge in [0.2, 0.25) is 0 Å². The van der Waals surface area contributed by atoms with Crippen LogP contribution in [0.2, 0.25) is 0 Å². The number of aromatic nitrogens is 2. The summed E-state index contributed by atoms with van der Waals surface area (Å²) >= 11 is 0. The summed E-state index contributed by atoms with van der Waals surface area (Å²) in [5, 5.41) is 2.90. The van der Waals surface area contributed by atoms with Crippen LogP contribution < -0.4 is 10.2 Å². The maximum absolute atomic E-state index is 14.9. The molecule has 2 fully saturated rings. The highest BCUT2D eigenvalue weighted by Crippen LogP contribution is 2.36. The van der Waals surface area contributed by atoms with Crippen molar-refractivity contribution in [2.75, 3.05) is 24.6 Å². The smallest absolute Gasteiger partial charge is 0.270 e. The van der Waals surface area contributed by atoms with E-state index in [2.05, 4.69) is 10.3 Å². The molecule has 2 aromatic heterocycles. The number of carbonyl (C=O) groups excluding carboxylic acids is 1. The molecular weight excluding hydrogens is 423 g/mol. The number of nitrogens with one attached hydrogen (secondary N) is 1. The summed E-state index contributed by atoms with van der Waals surface area (Å²) in [4.78, 5) is 19.4. The monoisotopic (exact) mass is 452 g/mol. The van der Waals surface area contributed by atoms with Crippen LogP contribution in [0.5, 0.6) is 0 Å². The number of carbonyl (C=O) groups is 1. The van der Waals surface area contributed by atoms with Crippen molar-refractivity contribution < 1.29 is 18.7 Å². The third-order valence-corrected chi connectivity index (χ3v) is 6.50. The number of imidazole rings is 1. The Labute approximate surface area is 192 Å². The average molecular weight is 453 g/mol. The molecule has 0 unspecified atom stereocenters. The molecule has 3 aromatic rings. The van der Waals surface area contributed by atoms with Gasteiger partial charge < -0.3 is 19.7 Å². The molecule has 1 amide bonds. The van der Waals surface area contributed by atoms with Gasteiger partial charge in [-0.15, -0.1) is 0 Å². The molecule has 0 radical (unpaired) electrons. The number of halogens is 1. The normalized spacial score (nSPS) is 20.0. The predicted molar refractivity (Wildman–Crippen MR) is 123 cm³/mol. The lowest BCUT2D eigenvalue weighted by Crippen LogP contribution is -2.45. The van der Waals surface area contributed by atoms with Gasteiger partial charge in [-0.1, -0.05) is 6.07 Å². The summed E-state index contributed by atoms with van der Waals surface area (Å²) in [6.45, 7) is 8.01. The number of hydrogen-bond acceptors (Lipinski definition) is 5. The van der Waals surface area contributed by atoms with E-state index in [0.717, 1.165) is 11.2 Å². The molecule has 2 aliphatic heterocycles. The van der Waals surface area contributed by atoms with Crippen LogP contribution in [0.1, 0.15) is 47.1 Å². The number of hydrogen-bond donors (Lipinski definition) is 1. The summed E-state index contributed by atoms with van der Waals surface area (Å²) in [5.41, 5.74) is 4.24. The topological polar surface area (TPSA) is 68.1 Å². The van der Waals surface area contributed by atoms with Crippen LogP contribution >= 0.6 is 0 Å². The molecule has 1 aromatic carbocycles. The largest absolute Gasteiger partial charge is 0.369 e. The van der Waals surface area contributed by atoms with Crippen LogP contribution in [0, 0.1) is 19.7 Å². The second kappa shape index (κ2) is 8.43. The third-order valence-electron chi connectivity index (χ3n) is 6.50. The Bertz CT molecular complexity index is 1200. The molecule has 8 heteroatoms. The summed E-state index contributed by atoms with van der Waals surface area (Å²) in [6, 6.07) is 9.02. The second-order valence-electron chi connectivity index (χ2n) is 9.08. The van der Waals surface area contributed by atoms with Crippen LogP contribution in [-0.2, 0) is 16.0 Å². The number of piperidine rings is 1. The fraction of sp³-hybridized carbons (Fsp3) is 0.440. The first kappa shape index (κ1) is 21.9. The SMILES string of the molecule is Cc1ccn2c(C(=O)NCc3ccc(N4CCC5(CC4)OC[C@H](C)O5)c(F)c3)c(C)nc2c1. The molecule has 0 aliphatic carbocycles. The van der Waals surface area contributed by atoms with E-state index in [1.165, 1.54) is 6.07 Å². The lowest BCUT2D eigenvalue weighted by atomic mass is 10.0. The number of fused-ring (bicyclic) bond motifs is 1. The number of nitrogens with zero attached hydrogens (tertiary/aromatic N) is 3. The van der Waals surface area contributed by atoms with E-state index in [-0.39, 0.29) is 24.4 Å². The highest BCUT2D eigenvalue weighted by Gasteiger charge is 2.42. The fourth-order valence-electron chi connectivity index (χ4n) is 4.78. The minimum atomic E-state index is -0.509. The van der Waals surface area contributed by atoms with Gasteiger partial charge >= 0.3 is 0 Å². The van der Waals surface area contributed by atoms with E-state index in [9.17, 15) is 9.18 Å². The van der Waals surface area contributed by atoms with E-state index >= 15 is 0 Å². The van der Waals surface area contributed by atoms with Gasteiger partial charge in [-0.3, -0.25) is 9.20 Å². The molecule has 5 rings (SSSR count). The van der Waals surface area contributed by atoms with Crippen molar-refractivity contribution in [1.82, 2.24) is 14.7 Å². The maximum atomic E-state index is 14.9. The van der Waals surface area contributed by atoms with Crippen molar-refractivity contribution in [3.63, 3.8) is 0 Å². The Balaban J connectivity index is 1.23. The highest BCUT2D eigenvalue weighted by atomic mass is 19.1. The Morgan fingerprint density at radius 2 is 2.03 bits per heavy atom. The number of amides is 1. The Kier molecular flexibility index (Phi) is 5.58. The molecule has 1 N–H and O–H groups in total. The molecule has 4 heterocycles. The first-order valence-corrected chi connectivity index (χ1v) is 11.4. The zero-order valence-electron chi connectivity index (χ0n) is 19.2. The summed E-state index contributed by atoms with van der Waals surface area (Å²) in [5.74, 6) is -1.04. The van der Waals surface area contributed by atoms with Crippen LogP contribution in [0.15, 0.2) is 36.5 Å².